The van der Waals surface area contributed by atoms with Gasteiger partial charge in [0.05, 0.1) is 11.1 Å². The molecule has 4 aromatic heterocycles. The molecule has 0 saturated carbocycles. The van der Waals surface area contributed by atoms with Gasteiger partial charge in [0.25, 0.3) is 0 Å². The van der Waals surface area contributed by atoms with Crippen LogP contribution in [-0.4, -0.2) is 19.6 Å². The Balaban J connectivity index is 2.00. The lowest BCUT2D eigenvalue weighted by atomic mass is 10.3. The number of hydrogen-bond acceptors (Lipinski definition) is 4. The van der Waals surface area contributed by atoms with Crippen LogP contribution in [0.15, 0.2) is 42.7 Å². The lowest BCUT2D eigenvalue weighted by molar-refractivity contribution is 0.945. The van der Waals surface area contributed by atoms with Gasteiger partial charge < -0.3 is 0 Å². The zero-order valence-electron chi connectivity index (χ0n) is 9.62. The van der Waals surface area contributed by atoms with E-state index in [4.69, 9.17) is 11.6 Å². The molecule has 4 aromatic rings. The van der Waals surface area contributed by atoms with Gasteiger partial charge in [0.1, 0.15) is 15.7 Å². The van der Waals surface area contributed by atoms with Crippen molar-refractivity contribution in [2.45, 2.75) is 0 Å². The van der Waals surface area contributed by atoms with Crippen LogP contribution in [0.2, 0.25) is 5.15 Å². The van der Waals surface area contributed by atoms with Gasteiger partial charge >= 0.3 is 0 Å². The van der Waals surface area contributed by atoms with Crippen molar-refractivity contribution in [3.63, 3.8) is 0 Å². The maximum absolute atomic E-state index is 5.95. The molecule has 0 fully saturated rings. The molecular formula is C13H7ClN4S. The number of thiophene rings is 1. The summed E-state index contributed by atoms with van der Waals surface area (Å²) in [6, 6.07) is 9.66. The molecule has 0 unspecified atom stereocenters. The summed E-state index contributed by atoms with van der Waals surface area (Å²) in [6.45, 7) is 0. The predicted molar refractivity (Wildman–Crippen MR) is 76.6 cm³/mol. The first kappa shape index (κ1) is 10.9. The van der Waals surface area contributed by atoms with Gasteiger partial charge in [0.2, 0.25) is 0 Å². The van der Waals surface area contributed by atoms with Crippen LogP contribution < -0.4 is 0 Å². The number of halogens is 1. The maximum Gasteiger partial charge on any atom is 0.154 e. The number of fused-ring (bicyclic) bond motifs is 2. The van der Waals surface area contributed by atoms with Crippen LogP contribution in [0.4, 0.5) is 0 Å². The molecule has 4 heterocycles. The molecule has 4 nitrogen and oxygen atoms in total. The standard InChI is InChI=1S/C13H7ClN4S/c14-11-3-4-12-16-7-9(18(12)17-11)10-6-8-2-1-5-15-13(8)19-10/h1-7H. The summed E-state index contributed by atoms with van der Waals surface area (Å²) in [4.78, 5) is 10.8. The number of aromatic nitrogens is 4. The Labute approximate surface area is 117 Å². The van der Waals surface area contributed by atoms with Gasteiger partial charge in [-0.3, -0.25) is 0 Å². The average Bonchev–Trinajstić information content (AvgIpc) is 3.00. The lowest BCUT2D eigenvalue weighted by Crippen LogP contribution is -1.92. The second-order valence-electron chi connectivity index (χ2n) is 4.08. The summed E-state index contributed by atoms with van der Waals surface area (Å²) < 4.78 is 1.76. The molecule has 0 aromatic carbocycles. The predicted octanol–water partition coefficient (Wildman–Crippen LogP) is 3.66. The Morgan fingerprint density at radius 2 is 2.11 bits per heavy atom. The second kappa shape index (κ2) is 4.01. The number of hydrogen-bond donors (Lipinski definition) is 0. The largest absolute Gasteiger partial charge is 0.245 e. The topological polar surface area (TPSA) is 43.1 Å². The Hall–Kier alpha value is -1.98. The molecule has 0 spiro atoms. The number of imidazole rings is 1. The van der Waals surface area contributed by atoms with E-state index in [-0.39, 0.29) is 0 Å². The van der Waals surface area contributed by atoms with Crippen molar-refractivity contribution in [3.05, 3.63) is 47.9 Å². The van der Waals surface area contributed by atoms with E-state index in [0.717, 1.165) is 26.4 Å². The number of pyridine rings is 1. The van der Waals surface area contributed by atoms with Crippen molar-refractivity contribution in [1.82, 2.24) is 19.6 Å². The quantitative estimate of drug-likeness (QED) is 0.536. The molecule has 92 valence electrons. The first-order valence-electron chi connectivity index (χ1n) is 5.66. The summed E-state index contributed by atoms with van der Waals surface area (Å²) in [6.07, 6.45) is 3.61. The highest BCUT2D eigenvalue weighted by Crippen LogP contribution is 2.32. The van der Waals surface area contributed by atoms with E-state index < -0.39 is 0 Å². The van der Waals surface area contributed by atoms with E-state index in [0.29, 0.717) is 5.15 Å². The van der Waals surface area contributed by atoms with Crippen LogP contribution in [0.25, 0.3) is 26.4 Å². The van der Waals surface area contributed by atoms with Gasteiger partial charge in [0, 0.05) is 11.6 Å². The summed E-state index contributed by atoms with van der Waals surface area (Å²) in [7, 11) is 0. The van der Waals surface area contributed by atoms with Crippen molar-refractivity contribution >= 4 is 38.8 Å². The fourth-order valence-electron chi connectivity index (χ4n) is 2.02. The molecule has 0 amide bonds. The van der Waals surface area contributed by atoms with Crippen LogP contribution in [0.3, 0.4) is 0 Å². The molecule has 0 atom stereocenters. The summed E-state index contributed by atoms with van der Waals surface area (Å²) in [5.74, 6) is 0. The fourth-order valence-corrected chi connectivity index (χ4v) is 3.15. The molecule has 0 aliphatic carbocycles. The highest BCUT2D eigenvalue weighted by atomic mass is 35.5. The van der Waals surface area contributed by atoms with Crippen LogP contribution >= 0.6 is 22.9 Å². The molecule has 0 radical (unpaired) electrons. The summed E-state index contributed by atoms with van der Waals surface area (Å²) in [5, 5.41) is 5.86. The van der Waals surface area contributed by atoms with E-state index in [1.165, 1.54) is 0 Å². The zero-order chi connectivity index (χ0) is 12.8. The van der Waals surface area contributed by atoms with Gasteiger partial charge in [0.15, 0.2) is 5.65 Å². The van der Waals surface area contributed by atoms with Gasteiger partial charge in [-0.25, -0.2) is 14.5 Å². The van der Waals surface area contributed by atoms with Crippen molar-refractivity contribution in [2.75, 3.05) is 0 Å². The SMILES string of the molecule is Clc1ccc2ncc(-c3cc4cccnc4s3)n2n1. The van der Waals surface area contributed by atoms with Gasteiger partial charge in [-0.1, -0.05) is 17.7 Å². The van der Waals surface area contributed by atoms with Crippen molar-refractivity contribution in [3.8, 4) is 10.6 Å². The third kappa shape index (κ3) is 1.70. The molecule has 0 bridgehead atoms. The molecular weight excluding hydrogens is 280 g/mol. The lowest BCUT2D eigenvalue weighted by Gasteiger charge is -1.97. The average molecular weight is 287 g/mol. The van der Waals surface area contributed by atoms with Crippen LogP contribution in [-0.2, 0) is 0 Å². The normalized spacial score (nSPS) is 11.4. The first-order valence-corrected chi connectivity index (χ1v) is 6.86. The minimum absolute atomic E-state index is 0.450. The van der Waals surface area contributed by atoms with E-state index in [1.54, 1.807) is 28.1 Å². The van der Waals surface area contributed by atoms with Crippen LogP contribution in [0, 0.1) is 0 Å². The number of nitrogens with zero attached hydrogens (tertiary/aromatic N) is 4. The molecule has 0 saturated heterocycles. The van der Waals surface area contributed by atoms with Crippen molar-refractivity contribution in [1.29, 1.82) is 0 Å². The second-order valence-corrected chi connectivity index (χ2v) is 5.50. The molecule has 6 heteroatoms. The fraction of sp³-hybridized carbons (Fsp3) is 0. The summed E-state index contributed by atoms with van der Waals surface area (Å²) in [5.41, 5.74) is 1.71. The number of rotatable bonds is 1. The monoisotopic (exact) mass is 286 g/mol. The van der Waals surface area contributed by atoms with E-state index in [2.05, 4.69) is 21.1 Å². The summed E-state index contributed by atoms with van der Waals surface area (Å²) >= 11 is 7.57. The van der Waals surface area contributed by atoms with E-state index in [9.17, 15) is 0 Å². The third-order valence-corrected chi connectivity index (χ3v) is 4.16. The highest BCUT2D eigenvalue weighted by molar-refractivity contribution is 7.21. The Morgan fingerprint density at radius 1 is 1.16 bits per heavy atom. The Morgan fingerprint density at radius 3 is 3.00 bits per heavy atom. The van der Waals surface area contributed by atoms with Crippen LogP contribution in [0.1, 0.15) is 0 Å². The van der Waals surface area contributed by atoms with E-state index >= 15 is 0 Å². The minimum Gasteiger partial charge on any atom is -0.245 e. The highest BCUT2D eigenvalue weighted by Gasteiger charge is 2.11. The van der Waals surface area contributed by atoms with E-state index in [1.807, 2.05) is 24.4 Å². The molecule has 0 aliphatic rings. The van der Waals surface area contributed by atoms with Crippen molar-refractivity contribution < 1.29 is 0 Å². The Kier molecular flexibility index (Phi) is 2.30. The first-order chi connectivity index (χ1) is 9.31. The van der Waals surface area contributed by atoms with Gasteiger partial charge in [-0.2, -0.15) is 5.10 Å². The van der Waals surface area contributed by atoms with Crippen LogP contribution in [0.5, 0.6) is 0 Å². The Bertz CT molecular complexity index is 863. The third-order valence-electron chi connectivity index (χ3n) is 2.88. The van der Waals surface area contributed by atoms with Gasteiger partial charge in [-0.05, 0) is 24.3 Å². The maximum atomic E-state index is 5.95. The molecule has 0 N–H and O–H groups in total. The smallest absolute Gasteiger partial charge is 0.154 e. The van der Waals surface area contributed by atoms with Gasteiger partial charge in [-0.15, -0.1) is 11.3 Å². The molecule has 0 aliphatic heterocycles. The molecule has 4 rings (SSSR count). The van der Waals surface area contributed by atoms with Crippen molar-refractivity contribution in [2.24, 2.45) is 0 Å². The molecule has 19 heavy (non-hydrogen) atoms. The minimum atomic E-state index is 0.450. The zero-order valence-corrected chi connectivity index (χ0v) is 11.2.